The van der Waals surface area contributed by atoms with Gasteiger partial charge in [-0.2, -0.15) is 0 Å². The molecule has 11 heteroatoms. The highest BCUT2D eigenvalue weighted by atomic mass is 19.1. The molecular formula is C26H24FN5O5. The number of amides is 1. The van der Waals surface area contributed by atoms with Crippen LogP contribution in [-0.4, -0.2) is 59.9 Å². The molecule has 1 saturated heterocycles. The van der Waals surface area contributed by atoms with Crippen LogP contribution in [0.2, 0.25) is 0 Å². The molecule has 0 aliphatic carbocycles. The predicted octanol–water partition coefficient (Wildman–Crippen LogP) is 3.78. The Morgan fingerprint density at radius 2 is 1.92 bits per heavy atom. The molecule has 0 saturated carbocycles. The van der Waals surface area contributed by atoms with E-state index >= 15 is 0 Å². The van der Waals surface area contributed by atoms with E-state index < -0.39 is 12.2 Å². The summed E-state index contributed by atoms with van der Waals surface area (Å²) in [6.45, 7) is 0.919. The van der Waals surface area contributed by atoms with E-state index in [9.17, 15) is 14.0 Å². The van der Waals surface area contributed by atoms with Crippen molar-refractivity contribution in [3.05, 3.63) is 78.3 Å². The van der Waals surface area contributed by atoms with E-state index in [0.29, 0.717) is 41.7 Å². The zero-order chi connectivity index (χ0) is 25.6. The van der Waals surface area contributed by atoms with Gasteiger partial charge in [0.15, 0.2) is 24.5 Å². The van der Waals surface area contributed by atoms with Crippen LogP contribution >= 0.6 is 0 Å². The van der Waals surface area contributed by atoms with Gasteiger partial charge in [-0.25, -0.2) is 4.39 Å². The van der Waals surface area contributed by atoms with Crippen molar-refractivity contribution in [3.63, 3.8) is 0 Å². The highest BCUT2D eigenvalue weighted by Gasteiger charge is 2.30. The summed E-state index contributed by atoms with van der Waals surface area (Å²) in [6, 6.07) is 17.5. The Morgan fingerprint density at radius 3 is 2.62 bits per heavy atom. The lowest BCUT2D eigenvalue weighted by molar-refractivity contribution is -0.139. The maximum absolute atomic E-state index is 14.9. The lowest BCUT2D eigenvalue weighted by atomic mass is 10.1. The minimum Gasteiger partial charge on any atom is -0.484 e. The van der Waals surface area contributed by atoms with E-state index in [0.717, 1.165) is 17.5 Å². The summed E-state index contributed by atoms with van der Waals surface area (Å²) in [4.78, 5) is 26.3. The number of ether oxygens (including phenoxy) is 1. The van der Waals surface area contributed by atoms with Gasteiger partial charge in [0.25, 0.3) is 5.91 Å². The summed E-state index contributed by atoms with van der Waals surface area (Å²) >= 11 is 0. The number of hydrogen-bond donors (Lipinski definition) is 1. The number of alkyl halides is 1. The van der Waals surface area contributed by atoms with Crippen molar-refractivity contribution in [3.8, 4) is 17.0 Å². The topological polar surface area (TPSA) is 114 Å². The van der Waals surface area contributed by atoms with Crippen LogP contribution in [0, 0.1) is 0 Å². The fraction of sp³-hybridized carbons (Fsp3) is 0.231. The van der Waals surface area contributed by atoms with E-state index in [1.54, 1.807) is 30.3 Å². The van der Waals surface area contributed by atoms with Gasteiger partial charge >= 0.3 is 0 Å². The average molecular weight is 506 g/mol. The number of carbonyl (C=O) groups is 2. The first-order valence-electron chi connectivity index (χ1n) is 11.7. The lowest BCUT2D eigenvalue weighted by Crippen LogP contribution is -2.54. The Morgan fingerprint density at radius 1 is 1.11 bits per heavy atom. The second-order valence-electron chi connectivity index (χ2n) is 8.41. The Labute approximate surface area is 211 Å². The molecule has 1 N–H and O–H groups in total. The van der Waals surface area contributed by atoms with Gasteiger partial charge in [-0.15, -0.1) is 0 Å². The summed E-state index contributed by atoms with van der Waals surface area (Å²) in [5.74, 6) is 1.26. The van der Waals surface area contributed by atoms with Crippen LogP contribution in [0.4, 0.5) is 15.9 Å². The molecule has 37 heavy (non-hydrogen) atoms. The van der Waals surface area contributed by atoms with E-state index in [-0.39, 0.29) is 19.7 Å². The lowest BCUT2D eigenvalue weighted by Gasteiger charge is -2.38. The summed E-state index contributed by atoms with van der Waals surface area (Å²) in [5.41, 5.74) is 2.91. The number of nitrogens with one attached hydrogen (secondary N) is 1. The van der Waals surface area contributed by atoms with Crippen LogP contribution < -0.4 is 15.0 Å². The van der Waals surface area contributed by atoms with Crippen molar-refractivity contribution in [2.24, 2.45) is 0 Å². The molecule has 5 rings (SSSR count). The number of aldehydes is 1. The first-order chi connectivity index (χ1) is 18.1. The minimum absolute atomic E-state index is 0.0565. The number of hydrogen-bond acceptors (Lipinski definition) is 9. The highest BCUT2D eigenvalue weighted by molar-refractivity contribution is 5.78. The molecule has 190 valence electrons. The Hall–Kier alpha value is -4.67. The molecule has 0 spiro atoms. The standard InChI is InChI=1S/C26H24FN5O5/c27-24-15-31(10-11-32(24)26(34)17-35-21-7-1-18(16-33)2-8-21)20-5-3-19(4-6-20)23-13-22(37-29-23)14-28-25-9-12-36-30-25/h1-9,12-13,16,24H,10-11,14-15,17H2,(H,28,30). The van der Waals surface area contributed by atoms with Crippen molar-refractivity contribution in [1.82, 2.24) is 15.2 Å². The molecular weight excluding hydrogens is 481 g/mol. The molecule has 10 nitrogen and oxygen atoms in total. The van der Waals surface area contributed by atoms with Crippen molar-refractivity contribution in [1.29, 1.82) is 0 Å². The first kappa shape index (κ1) is 24.0. The maximum Gasteiger partial charge on any atom is 0.262 e. The number of halogens is 1. The maximum atomic E-state index is 14.9. The molecule has 4 aromatic rings. The molecule has 1 amide bonds. The van der Waals surface area contributed by atoms with Crippen molar-refractivity contribution < 1.29 is 27.8 Å². The molecule has 1 fully saturated rings. The second kappa shape index (κ2) is 10.9. The van der Waals surface area contributed by atoms with Crippen LogP contribution in [0.1, 0.15) is 16.1 Å². The quantitative estimate of drug-likeness (QED) is 0.268. The molecule has 0 bridgehead atoms. The van der Waals surface area contributed by atoms with Crippen LogP contribution in [0.25, 0.3) is 11.3 Å². The number of aromatic nitrogens is 2. The number of carbonyl (C=O) groups excluding carboxylic acids is 2. The molecule has 2 aromatic heterocycles. The molecule has 3 heterocycles. The molecule has 2 aromatic carbocycles. The number of rotatable bonds is 9. The Bertz CT molecular complexity index is 1320. The van der Waals surface area contributed by atoms with Gasteiger partial charge in [0.05, 0.1) is 13.1 Å². The van der Waals surface area contributed by atoms with Gasteiger partial charge in [0.2, 0.25) is 0 Å². The van der Waals surface area contributed by atoms with Crippen molar-refractivity contribution in [2.75, 3.05) is 36.5 Å². The van der Waals surface area contributed by atoms with E-state index in [1.807, 2.05) is 35.2 Å². The van der Waals surface area contributed by atoms with Gasteiger partial charge in [-0.3, -0.25) is 9.59 Å². The zero-order valence-electron chi connectivity index (χ0n) is 19.7. The zero-order valence-corrected chi connectivity index (χ0v) is 19.7. The van der Waals surface area contributed by atoms with Gasteiger partial charge in [-0.1, -0.05) is 22.4 Å². The molecule has 1 aliphatic rings. The van der Waals surface area contributed by atoms with Crippen LogP contribution in [0.15, 0.2) is 76.0 Å². The minimum atomic E-state index is -1.46. The summed E-state index contributed by atoms with van der Waals surface area (Å²) in [6.07, 6.45) is 0.740. The summed E-state index contributed by atoms with van der Waals surface area (Å²) in [5, 5.41) is 11.0. The van der Waals surface area contributed by atoms with Gasteiger partial charge < -0.3 is 28.9 Å². The molecule has 0 radical (unpaired) electrons. The smallest absolute Gasteiger partial charge is 0.262 e. The van der Waals surface area contributed by atoms with Crippen molar-refractivity contribution in [2.45, 2.75) is 12.8 Å². The molecule has 1 aliphatic heterocycles. The van der Waals surface area contributed by atoms with Crippen LogP contribution in [0.5, 0.6) is 5.75 Å². The Balaban J connectivity index is 1.13. The van der Waals surface area contributed by atoms with Crippen LogP contribution in [0.3, 0.4) is 0 Å². The second-order valence-corrected chi connectivity index (χ2v) is 8.41. The fourth-order valence-electron chi connectivity index (χ4n) is 3.98. The number of benzene rings is 2. The SMILES string of the molecule is O=Cc1ccc(OCC(=O)N2CCN(c3ccc(-c4cc(CNc5ccon5)on4)cc3)CC2F)cc1. The average Bonchev–Trinajstić information content (AvgIpc) is 3.63. The van der Waals surface area contributed by atoms with Gasteiger partial charge in [-0.05, 0) is 36.4 Å². The van der Waals surface area contributed by atoms with E-state index in [4.69, 9.17) is 13.8 Å². The first-order valence-corrected chi connectivity index (χ1v) is 11.7. The number of nitrogens with zero attached hydrogens (tertiary/aromatic N) is 4. The van der Waals surface area contributed by atoms with E-state index in [1.165, 1.54) is 11.2 Å². The van der Waals surface area contributed by atoms with E-state index in [2.05, 4.69) is 15.6 Å². The largest absolute Gasteiger partial charge is 0.484 e. The Kier molecular flexibility index (Phi) is 7.11. The van der Waals surface area contributed by atoms with Gasteiger partial charge in [0.1, 0.15) is 24.0 Å². The number of anilines is 2. The highest BCUT2D eigenvalue weighted by Crippen LogP contribution is 2.25. The third-order valence-corrected chi connectivity index (χ3v) is 5.99. The van der Waals surface area contributed by atoms with Gasteiger partial charge in [0, 0.05) is 42.0 Å². The third kappa shape index (κ3) is 5.77. The third-order valence-electron chi connectivity index (χ3n) is 5.99. The summed E-state index contributed by atoms with van der Waals surface area (Å²) < 4.78 is 30.5. The normalized spacial score (nSPS) is 15.4. The van der Waals surface area contributed by atoms with Crippen LogP contribution in [-0.2, 0) is 11.3 Å². The predicted molar refractivity (Wildman–Crippen MR) is 132 cm³/mol. The fourth-order valence-corrected chi connectivity index (χ4v) is 3.98. The molecule has 1 unspecified atom stereocenters. The number of piperazine rings is 1. The monoisotopic (exact) mass is 505 g/mol. The molecule has 1 atom stereocenters. The summed E-state index contributed by atoms with van der Waals surface area (Å²) in [7, 11) is 0. The van der Waals surface area contributed by atoms with Crippen molar-refractivity contribution >= 4 is 23.7 Å².